The minimum Gasteiger partial charge on any atom is -0.476 e. The maximum Gasteiger partial charge on any atom is 0.267 e. The van der Waals surface area contributed by atoms with E-state index in [9.17, 15) is 13.2 Å². The summed E-state index contributed by atoms with van der Waals surface area (Å²) in [6.07, 6.45) is -1.04. The molecule has 2 heterocycles. The van der Waals surface area contributed by atoms with Crippen molar-refractivity contribution in [1.82, 2.24) is 0 Å². The van der Waals surface area contributed by atoms with E-state index in [1.165, 1.54) is 16.4 Å². The summed E-state index contributed by atoms with van der Waals surface area (Å²) in [5.41, 5.74) is 0.882. The van der Waals surface area contributed by atoms with Crippen LogP contribution in [0.15, 0.2) is 77.7 Å². The average Bonchev–Trinajstić information content (AvgIpc) is 3.27. The zero-order valence-corrected chi connectivity index (χ0v) is 17.0. The zero-order valence-electron chi connectivity index (χ0n) is 16.2. The molecule has 0 aliphatic carbocycles. The van der Waals surface area contributed by atoms with Crippen LogP contribution in [0.25, 0.3) is 0 Å². The Hall–Kier alpha value is -3.72. The van der Waals surface area contributed by atoms with Crippen LogP contribution >= 0.6 is 0 Å². The Balaban J connectivity index is 1.44. The number of hydrogen-bond donors (Lipinski definition) is 1. The average molecular weight is 438 g/mol. The Bertz CT molecular complexity index is 1250. The number of amides is 1. The van der Waals surface area contributed by atoms with Crippen molar-refractivity contribution in [2.24, 2.45) is 0 Å². The Kier molecular flexibility index (Phi) is 4.67. The number of rotatable bonds is 4. The fourth-order valence-electron chi connectivity index (χ4n) is 3.48. The largest absolute Gasteiger partial charge is 0.476 e. The molecule has 0 radical (unpaired) electrons. The van der Waals surface area contributed by atoms with Gasteiger partial charge in [-0.2, -0.15) is 0 Å². The van der Waals surface area contributed by atoms with Gasteiger partial charge in [0.05, 0.1) is 17.1 Å². The van der Waals surface area contributed by atoms with E-state index in [0.717, 1.165) is 0 Å². The number of sulfonamides is 1. The van der Waals surface area contributed by atoms with Crippen LogP contribution in [0, 0.1) is 0 Å². The highest BCUT2D eigenvalue weighted by molar-refractivity contribution is 7.92. The molecule has 0 saturated heterocycles. The molecule has 0 aromatic heterocycles. The first-order valence-electron chi connectivity index (χ1n) is 9.56. The van der Waals surface area contributed by atoms with Crippen LogP contribution < -0.4 is 23.8 Å². The van der Waals surface area contributed by atoms with Gasteiger partial charge in [0.2, 0.25) is 6.79 Å². The molecule has 1 amide bonds. The standard InChI is InChI=1S/C22H18N2O6S/c25-22(23-15-10-11-19-20(12-15)29-14-28-19)21-13-24(17-8-4-5-9-18(17)30-21)31(26,27)16-6-2-1-3-7-16/h1-12,21H,13-14H2,(H,23,25). The number of carbonyl (C=O) groups is 1. The first-order valence-corrected chi connectivity index (χ1v) is 11.0. The third kappa shape index (κ3) is 3.53. The van der Waals surface area contributed by atoms with E-state index in [-0.39, 0.29) is 18.2 Å². The van der Waals surface area contributed by atoms with Gasteiger partial charge in [-0.3, -0.25) is 9.10 Å². The quantitative estimate of drug-likeness (QED) is 0.673. The molecule has 31 heavy (non-hydrogen) atoms. The van der Waals surface area contributed by atoms with E-state index in [4.69, 9.17) is 14.2 Å². The lowest BCUT2D eigenvalue weighted by molar-refractivity contribution is -0.122. The lowest BCUT2D eigenvalue weighted by Crippen LogP contribution is -2.48. The number of para-hydroxylation sites is 2. The molecule has 0 fully saturated rings. The van der Waals surface area contributed by atoms with Crippen LogP contribution in [-0.4, -0.2) is 33.8 Å². The monoisotopic (exact) mass is 438 g/mol. The number of hydrogen-bond acceptors (Lipinski definition) is 6. The topological polar surface area (TPSA) is 94.2 Å². The van der Waals surface area contributed by atoms with Crippen molar-refractivity contribution in [2.45, 2.75) is 11.0 Å². The van der Waals surface area contributed by atoms with Crippen molar-refractivity contribution in [3.8, 4) is 17.2 Å². The van der Waals surface area contributed by atoms with E-state index >= 15 is 0 Å². The van der Waals surface area contributed by atoms with E-state index in [1.807, 2.05) is 0 Å². The Morgan fingerprint density at radius 3 is 2.48 bits per heavy atom. The van der Waals surface area contributed by atoms with Gasteiger partial charge in [-0.1, -0.05) is 30.3 Å². The second-order valence-electron chi connectivity index (χ2n) is 6.98. The van der Waals surface area contributed by atoms with Gasteiger partial charge in [0, 0.05) is 11.8 Å². The van der Waals surface area contributed by atoms with Crippen molar-refractivity contribution in [3.05, 3.63) is 72.8 Å². The van der Waals surface area contributed by atoms with E-state index in [0.29, 0.717) is 28.6 Å². The van der Waals surface area contributed by atoms with Crippen LogP contribution in [-0.2, 0) is 14.8 Å². The van der Waals surface area contributed by atoms with Crippen molar-refractivity contribution >= 4 is 27.3 Å². The molecule has 1 N–H and O–H groups in total. The minimum atomic E-state index is -3.89. The second kappa shape index (κ2) is 7.51. The molecule has 1 atom stereocenters. The van der Waals surface area contributed by atoms with Gasteiger partial charge < -0.3 is 19.5 Å². The minimum absolute atomic E-state index is 0.127. The van der Waals surface area contributed by atoms with Crippen LogP contribution in [0.5, 0.6) is 17.2 Å². The fourth-order valence-corrected chi connectivity index (χ4v) is 4.98. The van der Waals surface area contributed by atoms with Gasteiger partial charge in [-0.05, 0) is 36.4 Å². The summed E-state index contributed by atoms with van der Waals surface area (Å²) in [7, 11) is -3.89. The summed E-state index contributed by atoms with van der Waals surface area (Å²) in [4.78, 5) is 13.1. The molecular formula is C22H18N2O6S. The van der Waals surface area contributed by atoms with Gasteiger partial charge in [0.1, 0.15) is 5.75 Å². The Labute approximate surface area is 179 Å². The molecule has 0 saturated carbocycles. The SMILES string of the molecule is O=C(Nc1ccc2c(c1)OCO2)C1CN(S(=O)(=O)c2ccccc2)c2ccccc2O1. The van der Waals surface area contributed by atoms with Gasteiger partial charge >= 0.3 is 0 Å². The molecule has 3 aromatic rings. The lowest BCUT2D eigenvalue weighted by Gasteiger charge is -2.34. The molecular weight excluding hydrogens is 420 g/mol. The third-order valence-electron chi connectivity index (χ3n) is 5.00. The second-order valence-corrected chi connectivity index (χ2v) is 8.84. The zero-order chi connectivity index (χ0) is 21.4. The van der Waals surface area contributed by atoms with Crippen LogP contribution in [0.1, 0.15) is 0 Å². The van der Waals surface area contributed by atoms with Crippen LogP contribution in [0.3, 0.4) is 0 Å². The molecule has 8 nitrogen and oxygen atoms in total. The number of nitrogens with one attached hydrogen (secondary N) is 1. The van der Waals surface area contributed by atoms with Gasteiger partial charge in [0.15, 0.2) is 17.6 Å². The van der Waals surface area contributed by atoms with Gasteiger partial charge in [-0.25, -0.2) is 8.42 Å². The Morgan fingerprint density at radius 1 is 0.903 bits per heavy atom. The highest BCUT2D eigenvalue weighted by Gasteiger charge is 2.37. The lowest BCUT2D eigenvalue weighted by atomic mass is 10.2. The highest BCUT2D eigenvalue weighted by atomic mass is 32.2. The molecule has 158 valence electrons. The number of nitrogens with zero attached hydrogens (tertiary/aromatic N) is 1. The Morgan fingerprint density at radius 2 is 1.65 bits per heavy atom. The van der Waals surface area contributed by atoms with E-state index in [1.54, 1.807) is 60.7 Å². The van der Waals surface area contributed by atoms with Crippen molar-refractivity contribution in [1.29, 1.82) is 0 Å². The smallest absolute Gasteiger partial charge is 0.267 e. The van der Waals surface area contributed by atoms with E-state index < -0.39 is 22.0 Å². The van der Waals surface area contributed by atoms with E-state index in [2.05, 4.69) is 5.32 Å². The molecule has 0 spiro atoms. The number of ether oxygens (including phenoxy) is 3. The summed E-state index contributed by atoms with van der Waals surface area (Å²) in [6, 6.07) is 19.9. The molecule has 2 aliphatic rings. The maximum atomic E-state index is 13.3. The molecule has 2 aliphatic heterocycles. The third-order valence-corrected chi connectivity index (χ3v) is 6.79. The number of carbonyl (C=O) groups excluding carboxylic acids is 1. The first kappa shape index (κ1) is 19.3. The summed E-state index contributed by atoms with van der Waals surface area (Å²) in [5, 5.41) is 2.76. The van der Waals surface area contributed by atoms with Crippen molar-refractivity contribution < 1.29 is 27.4 Å². The molecule has 0 bridgehead atoms. The summed E-state index contributed by atoms with van der Waals surface area (Å²) >= 11 is 0. The van der Waals surface area contributed by atoms with Gasteiger partial charge in [-0.15, -0.1) is 0 Å². The first-order chi connectivity index (χ1) is 15.0. The number of anilines is 2. The van der Waals surface area contributed by atoms with Crippen molar-refractivity contribution in [3.63, 3.8) is 0 Å². The molecule has 3 aromatic carbocycles. The number of benzene rings is 3. The molecule has 5 rings (SSSR count). The van der Waals surface area contributed by atoms with Crippen molar-refractivity contribution in [2.75, 3.05) is 23.0 Å². The summed E-state index contributed by atoms with van der Waals surface area (Å²) in [6.45, 7) is -0.0355. The van der Waals surface area contributed by atoms with Crippen LogP contribution in [0.2, 0.25) is 0 Å². The highest BCUT2D eigenvalue weighted by Crippen LogP contribution is 2.37. The van der Waals surface area contributed by atoms with Crippen LogP contribution in [0.4, 0.5) is 11.4 Å². The summed E-state index contributed by atoms with van der Waals surface area (Å²) in [5.74, 6) is 0.975. The number of fused-ring (bicyclic) bond motifs is 2. The molecule has 1 unspecified atom stereocenters. The maximum absolute atomic E-state index is 13.3. The summed E-state index contributed by atoms with van der Waals surface area (Å²) < 4.78 is 44.3. The normalized spacial score (nSPS) is 16.9. The fraction of sp³-hybridized carbons (Fsp3) is 0.136. The predicted octanol–water partition coefficient (Wildman–Crippen LogP) is 3.01. The van der Waals surface area contributed by atoms with Gasteiger partial charge in [0.25, 0.3) is 15.9 Å². The predicted molar refractivity (Wildman–Crippen MR) is 113 cm³/mol. The molecule has 9 heteroatoms.